The Kier molecular flexibility index (Phi) is 3.34. The first-order chi connectivity index (χ1) is 10.3. The summed E-state index contributed by atoms with van der Waals surface area (Å²) >= 11 is 0. The highest BCUT2D eigenvalue weighted by Gasteiger charge is 2.16. The minimum absolute atomic E-state index is 0.142. The van der Waals surface area contributed by atoms with Crippen molar-refractivity contribution in [1.29, 1.82) is 0 Å². The van der Waals surface area contributed by atoms with Gasteiger partial charge in [0.05, 0.1) is 0 Å². The third kappa shape index (κ3) is 2.46. The van der Waals surface area contributed by atoms with E-state index in [0.29, 0.717) is 5.69 Å². The highest BCUT2D eigenvalue weighted by Crippen LogP contribution is 2.26. The topological polar surface area (TPSA) is 97.5 Å². The van der Waals surface area contributed by atoms with E-state index in [1.807, 2.05) is 54.6 Å². The molecule has 0 fully saturated rings. The number of nitrogens with zero attached hydrogens (tertiary/aromatic N) is 3. The van der Waals surface area contributed by atoms with Crippen molar-refractivity contribution in [3.8, 4) is 22.4 Å². The zero-order valence-electron chi connectivity index (χ0n) is 11.0. The fraction of sp³-hybridized carbons (Fsp3) is 0. The van der Waals surface area contributed by atoms with Crippen molar-refractivity contribution in [3.63, 3.8) is 0 Å². The van der Waals surface area contributed by atoms with E-state index in [1.54, 1.807) is 0 Å². The van der Waals surface area contributed by atoms with Crippen LogP contribution in [0.2, 0.25) is 0 Å². The Hall–Kier alpha value is -3.15. The highest BCUT2D eigenvalue weighted by atomic mass is 16.6. The number of oxime groups is 1. The summed E-state index contributed by atoms with van der Waals surface area (Å²) in [5.41, 5.74) is 9.10. The Morgan fingerprint density at radius 3 is 2.43 bits per heavy atom. The maximum Gasteiger partial charge on any atom is 0.194 e. The quantitative estimate of drug-likeness (QED) is 0.332. The monoisotopic (exact) mass is 280 g/mol. The number of nitrogens with two attached hydrogens (primary N) is 1. The Labute approximate surface area is 120 Å². The van der Waals surface area contributed by atoms with Gasteiger partial charge in [-0.15, -0.1) is 0 Å². The molecule has 0 saturated heterocycles. The second kappa shape index (κ2) is 5.46. The van der Waals surface area contributed by atoms with Crippen molar-refractivity contribution in [1.82, 2.24) is 10.3 Å². The van der Waals surface area contributed by atoms with E-state index in [9.17, 15) is 0 Å². The number of hydrogen-bond donors (Lipinski definition) is 2. The summed E-state index contributed by atoms with van der Waals surface area (Å²) in [6, 6.07) is 17.7. The Bertz CT molecular complexity index is 781. The molecule has 3 aromatic rings. The summed E-state index contributed by atoms with van der Waals surface area (Å²) in [6.07, 6.45) is 0. The van der Waals surface area contributed by atoms with Crippen LogP contribution in [0.25, 0.3) is 22.4 Å². The van der Waals surface area contributed by atoms with Crippen molar-refractivity contribution in [2.75, 3.05) is 0 Å². The first-order valence-corrected chi connectivity index (χ1v) is 6.26. The number of benzene rings is 2. The van der Waals surface area contributed by atoms with Crippen LogP contribution in [0, 0.1) is 0 Å². The molecule has 0 amide bonds. The van der Waals surface area contributed by atoms with Crippen LogP contribution in [0.5, 0.6) is 0 Å². The molecule has 1 aromatic heterocycles. The molecule has 6 heteroatoms. The smallest absolute Gasteiger partial charge is 0.194 e. The zero-order valence-corrected chi connectivity index (χ0v) is 11.0. The van der Waals surface area contributed by atoms with Crippen LogP contribution in [-0.4, -0.2) is 21.4 Å². The van der Waals surface area contributed by atoms with Gasteiger partial charge >= 0.3 is 0 Å². The lowest BCUT2D eigenvalue weighted by atomic mass is 10.0. The molecule has 0 atom stereocenters. The van der Waals surface area contributed by atoms with Gasteiger partial charge in [0, 0.05) is 5.56 Å². The lowest BCUT2D eigenvalue weighted by Crippen LogP contribution is -2.14. The van der Waals surface area contributed by atoms with Crippen molar-refractivity contribution < 1.29 is 9.84 Å². The summed E-state index contributed by atoms with van der Waals surface area (Å²) in [7, 11) is 0. The molecule has 0 aliphatic carbocycles. The number of amidine groups is 1. The van der Waals surface area contributed by atoms with Crippen LogP contribution in [-0.2, 0) is 0 Å². The lowest BCUT2D eigenvalue weighted by Gasteiger charge is -2.04. The molecule has 104 valence electrons. The fourth-order valence-corrected chi connectivity index (χ4v) is 2.07. The first-order valence-electron chi connectivity index (χ1n) is 6.26. The molecule has 3 rings (SSSR count). The first kappa shape index (κ1) is 12.9. The van der Waals surface area contributed by atoms with E-state index in [2.05, 4.69) is 15.5 Å². The van der Waals surface area contributed by atoms with E-state index in [-0.39, 0.29) is 11.5 Å². The van der Waals surface area contributed by atoms with Gasteiger partial charge in [-0.1, -0.05) is 53.7 Å². The van der Waals surface area contributed by atoms with Crippen LogP contribution in [0.3, 0.4) is 0 Å². The van der Waals surface area contributed by atoms with E-state index in [0.717, 1.165) is 16.7 Å². The van der Waals surface area contributed by atoms with Crippen LogP contribution in [0.1, 0.15) is 5.69 Å². The lowest BCUT2D eigenvalue weighted by molar-refractivity contribution is 0.304. The summed E-state index contributed by atoms with van der Waals surface area (Å²) in [6.45, 7) is 0. The van der Waals surface area contributed by atoms with E-state index in [4.69, 9.17) is 15.6 Å². The Morgan fingerprint density at radius 1 is 0.952 bits per heavy atom. The van der Waals surface area contributed by atoms with Gasteiger partial charge in [0.1, 0.15) is 5.69 Å². The van der Waals surface area contributed by atoms with Gasteiger partial charge in [-0.3, -0.25) is 0 Å². The molecule has 0 spiro atoms. The molecular formula is C15H12N4O2. The third-order valence-electron chi connectivity index (χ3n) is 3.08. The van der Waals surface area contributed by atoms with Crippen molar-refractivity contribution in [2.45, 2.75) is 0 Å². The van der Waals surface area contributed by atoms with Gasteiger partial charge in [-0.2, -0.15) is 0 Å². The molecule has 0 unspecified atom stereocenters. The molecule has 0 bridgehead atoms. The Balaban J connectivity index is 2.07. The van der Waals surface area contributed by atoms with Crippen LogP contribution >= 0.6 is 0 Å². The van der Waals surface area contributed by atoms with Crippen LogP contribution in [0.4, 0.5) is 0 Å². The summed E-state index contributed by atoms with van der Waals surface area (Å²) < 4.78 is 4.70. The molecule has 0 aliphatic heterocycles. The standard InChI is InChI=1S/C15H12N4O2/c16-15(17-20)14-13(18-21-19-14)12-8-4-7-11(9-12)10-5-2-1-3-6-10/h1-9,20H,(H2,16,17). The number of aromatic nitrogens is 2. The highest BCUT2D eigenvalue weighted by molar-refractivity contribution is 6.00. The molecule has 21 heavy (non-hydrogen) atoms. The van der Waals surface area contributed by atoms with Crippen LogP contribution in [0.15, 0.2) is 64.4 Å². The average molecular weight is 280 g/mol. The largest absolute Gasteiger partial charge is 0.409 e. The predicted molar refractivity (Wildman–Crippen MR) is 77.7 cm³/mol. The van der Waals surface area contributed by atoms with E-state index in [1.165, 1.54) is 0 Å². The molecule has 0 aliphatic rings. The summed E-state index contributed by atoms with van der Waals surface area (Å²) in [5.74, 6) is -0.142. The van der Waals surface area contributed by atoms with Gasteiger partial charge in [0.15, 0.2) is 11.5 Å². The van der Waals surface area contributed by atoms with E-state index < -0.39 is 0 Å². The Morgan fingerprint density at radius 2 is 1.67 bits per heavy atom. The summed E-state index contributed by atoms with van der Waals surface area (Å²) in [5, 5.41) is 19.2. The zero-order chi connectivity index (χ0) is 14.7. The second-order valence-electron chi connectivity index (χ2n) is 4.39. The normalized spacial score (nSPS) is 11.5. The van der Waals surface area contributed by atoms with Gasteiger partial charge in [-0.25, -0.2) is 4.63 Å². The number of hydrogen-bond acceptors (Lipinski definition) is 5. The van der Waals surface area contributed by atoms with E-state index >= 15 is 0 Å². The third-order valence-corrected chi connectivity index (χ3v) is 3.08. The molecule has 1 heterocycles. The fourth-order valence-electron chi connectivity index (χ4n) is 2.07. The molecule has 6 nitrogen and oxygen atoms in total. The van der Waals surface area contributed by atoms with Gasteiger partial charge in [0.2, 0.25) is 0 Å². The predicted octanol–water partition coefficient (Wildman–Crippen LogP) is 2.50. The second-order valence-corrected chi connectivity index (χ2v) is 4.39. The molecular weight excluding hydrogens is 268 g/mol. The molecule has 2 aromatic carbocycles. The maximum absolute atomic E-state index is 8.76. The maximum atomic E-state index is 8.76. The molecule has 0 saturated carbocycles. The average Bonchev–Trinajstić information content (AvgIpc) is 3.05. The SMILES string of the molecule is N/C(=N\O)c1nonc1-c1cccc(-c2ccccc2)c1. The van der Waals surface area contributed by atoms with Crippen molar-refractivity contribution in [2.24, 2.45) is 10.9 Å². The van der Waals surface area contributed by atoms with Crippen molar-refractivity contribution >= 4 is 5.84 Å². The van der Waals surface area contributed by atoms with Crippen LogP contribution < -0.4 is 5.73 Å². The number of rotatable bonds is 3. The van der Waals surface area contributed by atoms with Gasteiger partial charge in [-0.05, 0) is 27.5 Å². The van der Waals surface area contributed by atoms with Crippen molar-refractivity contribution in [3.05, 3.63) is 60.3 Å². The minimum atomic E-state index is -0.142. The van der Waals surface area contributed by atoms with Gasteiger partial charge in [0.25, 0.3) is 0 Å². The summed E-state index contributed by atoms with van der Waals surface area (Å²) in [4.78, 5) is 0. The minimum Gasteiger partial charge on any atom is -0.409 e. The molecule has 3 N–H and O–H groups in total. The van der Waals surface area contributed by atoms with Gasteiger partial charge < -0.3 is 10.9 Å². The molecule has 0 radical (unpaired) electrons.